The first-order valence-corrected chi connectivity index (χ1v) is 12.3. The van der Waals surface area contributed by atoms with Gasteiger partial charge >= 0.3 is 0 Å². The monoisotopic (exact) mass is 476 g/mol. The zero-order valence-electron chi connectivity index (χ0n) is 19.6. The topological polar surface area (TPSA) is 67.3 Å². The number of anilines is 2. The Morgan fingerprint density at radius 2 is 1.91 bits per heavy atom. The van der Waals surface area contributed by atoms with Crippen LogP contribution in [0, 0.1) is 0 Å². The number of nitrogens with one attached hydrogen (secondary N) is 1. The lowest BCUT2D eigenvalue weighted by atomic mass is 9.76. The zero-order chi connectivity index (χ0) is 23.7. The van der Waals surface area contributed by atoms with Crippen LogP contribution in [-0.4, -0.2) is 27.9 Å². The summed E-state index contributed by atoms with van der Waals surface area (Å²) in [6, 6.07) is 11.9. The summed E-state index contributed by atoms with van der Waals surface area (Å²) in [7, 11) is 1.66. The number of ether oxygens (including phenoxy) is 1. The molecule has 1 spiro atoms. The summed E-state index contributed by atoms with van der Waals surface area (Å²) in [5.41, 5.74) is 4.29. The third-order valence-corrected chi connectivity index (χ3v) is 7.48. The Labute approximate surface area is 205 Å². The van der Waals surface area contributed by atoms with Crippen LogP contribution in [0.2, 0.25) is 5.02 Å². The number of fused-ring (bicyclic) bond motifs is 2. The van der Waals surface area contributed by atoms with Crippen molar-refractivity contribution in [3.63, 3.8) is 0 Å². The number of amides is 1. The van der Waals surface area contributed by atoms with Gasteiger partial charge in [0.2, 0.25) is 0 Å². The summed E-state index contributed by atoms with van der Waals surface area (Å²) in [6.45, 7) is 2.62. The first kappa shape index (κ1) is 22.7. The average molecular weight is 477 g/mol. The first-order valence-electron chi connectivity index (χ1n) is 11.9. The Bertz CT molecular complexity index is 1210. The highest BCUT2D eigenvalue weighted by molar-refractivity contribution is 6.34. The predicted molar refractivity (Wildman–Crippen MR) is 134 cm³/mol. The lowest BCUT2D eigenvalue weighted by Crippen LogP contribution is -2.44. The molecule has 34 heavy (non-hydrogen) atoms. The van der Waals surface area contributed by atoms with Crippen molar-refractivity contribution in [3.8, 4) is 5.75 Å². The molecule has 1 saturated carbocycles. The highest BCUT2D eigenvalue weighted by Crippen LogP contribution is 2.52. The summed E-state index contributed by atoms with van der Waals surface area (Å²) in [4.78, 5) is 24.4. The van der Waals surface area contributed by atoms with E-state index in [0.29, 0.717) is 17.1 Å². The van der Waals surface area contributed by atoms with Crippen LogP contribution in [0.4, 0.5) is 11.5 Å². The summed E-state index contributed by atoms with van der Waals surface area (Å²) in [5, 5.41) is 3.91. The van der Waals surface area contributed by atoms with Crippen molar-refractivity contribution < 1.29 is 9.53 Å². The van der Waals surface area contributed by atoms with Crippen molar-refractivity contribution in [1.82, 2.24) is 14.9 Å². The van der Waals surface area contributed by atoms with E-state index in [1.807, 2.05) is 36.5 Å². The van der Waals surface area contributed by atoms with Crippen LogP contribution in [0.15, 0.2) is 48.9 Å². The molecule has 1 fully saturated rings. The molecule has 5 rings (SSSR count). The molecule has 0 unspecified atom stereocenters. The molecule has 3 aromatic rings. The summed E-state index contributed by atoms with van der Waals surface area (Å²) in [6.07, 6.45) is 9.44. The fourth-order valence-electron chi connectivity index (χ4n) is 5.42. The summed E-state index contributed by atoms with van der Waals surface area (Å²) < 4.78 is 5.30. The van der Waals surface area contributed by atoms with Gasteiger partial charge in [-0.15, -0.1) is 0 Å². The third-order valence-electron chi connectivity index (χ3n) is 7.18. The second-order valence-electron chi connectivity index (χ2n) is 9.09. The minimum atomic E-state index is -0.342. The molecule has 1 aromatic heterocycles. The number of aryl methyl sites for hydroxylation is 1. The minimum absolute atomic E-state index is 0.0144. The van der Waals surface area contributed by atoms with Gasteiger partial charge in [-0.25, -0.2) is 9.97 Å². The molecular formula is C27H29ClN4O2. The fourth-order valence-corrected chi connectivity index (χ4v) is 5.72. The van der Waals surface area contributed by atoms with E-state index in [9.17, 15) is 4.79 Å². The van der Waals surface area contributed by atoms with Gasteiger partial charge in [-0.1, -0.05) is 49.9 Å². The number of hydrogen-bond donors (Lipinski definition) is 1. The number of hydrogen-bond acceptors (Lipinski definition) is 5. The second kappa shape index (κ2) is 9.26. The molecule has 2 aliphatic rings. The molecule has 0 bridgehead atoms. The van der Waals surface area contributed by atoms with E-state index < -0.39 is 0 Å². The van der Waals surface area contributed by atoms with Crippen LogP contribution in [0.3, 0.4) is 0 Å². The van der Waals surface area contributed by atoms with Gasteiger partial charge in [-0.05, 0) is 54.7 Å². The number of halogens is 1. The molecule has 2 aromatic carbocycles. The Morgan fingerprint density at radius 1 is 1.15 bits per heavy atom. The Balaban J connectivity index is 1.55. The van der Waals surface area contributed by atoms with Gasteiger partial charge in [0.05, 0.1) is 23.2 Å². The molecule has 0 saturated heterocycles. The molecule has 1 aliphatic carbocycles. The van der Waals surface area contributed by atoms with Gasteiger partial charge in [-0.2, -0.15) is 0 Å². The van der Waals surface area contributed by atoms with E-state index in [-0.39, 0.29) is 11.4 Å². The first-order chi connectivity index (χ1) is 16.6. The largest absolute Gasteiger partial charge is 0.497 e. The molecular weight excluding hydrogens is 448 g/mol. The van der Waals surface area contributed by atoms with E-state index in [4.69, 9.17) is 16.3 Å². The fraction of sp³-hybridized carbons (Fsp3) is 0.370. The number of carbonyl (C=O) groups excluding carboxylic acids is 1. The summed E-state index contributed by atoms with van der Waals surface area (Å²) >= 11 is 6.78. The van der Waals surface area contributed by atoms with E-state index in [1.165, 1.54) is 6.42 Å². The predicted octanol–water partition coefficient (Wildman–Crippen LogP) is 6.26. The second-order valence-corrected chi connectivity index (χ2v) is 9.49. The van der Waals surface area contributed by atoms with Gasteiger partial charge in [0, 0.05) is 24.0 Å². The molecule has 2 heterocycles. The van der Waals surface area contributed by atoms with Gasteiger partial charge in [0.25, 0.3) is 5.91 Å². The number of nitrogens with zero attached hydrogens (tertiary/aromatic N) is 3. The summed E-state index contributed by atoms with van der Waals surface area (Å²) in [5.74, 6) is 1.59. The molecule has 0 radical (unpaired) electrons. The van der Waals surface area contributed by atoms with E-state index >= 15 is 0 Å². The van der Waals surface area contributed by atoms with Crippen LogP contribution >= 0.6 is 11.6 Å². The third kappa shape index (κ3) is 3.90. The molecule has 1 amide bonds. The van der Waals surface area contributed by atoms with Crippen molar-refractivity contribution in [2.45, 2.75) is 57.5 Å². The number of benzene rings is 2. The van der Waals surface area contributed by atoms with Crippen LogP contribution in [0.5, 0.6) is 5.75 Å². The van der Waals surface area contributed by atoms with Crippen molar-refractivity contribution in [3.05, 3.63) is 76.2 Å². The molecule has 176 valence electrons. The smallest absolute Gasteiger partial charge is 0.256 e. The molecule has 6 nitrogen and oxygen atoms in total. The Morgan fingerprint density at radius 3 is 2.62 bits per heavy atom. The molecule has 1 aliphatic heterocycles. The highest BCUT2D eigenvalue weighted by Gasteiger charge is 2.50. The lowest BCUT2D eigenvalue weighted by Gasteiger charge is -2.42. The molecule has 1 N–H and O–H groups in total. The van der Waals surface area contributed by atoms with Crippen LogP contribution in [0.1, 0.15) is 66.1 Å². The van der Waals surface area contributed by atoms with Crippen molar-refractivity contribution in [1.29, 1.82) is 0 Å². The lowest BCUT2D eigenvalue weighted by molar-refractivity contribution is 0.0387. The SMILES string of the molecule is CCc1cncnc1Nc1cc(Cl)c2c(c1)C1(CCCCC1)N(Cc1ccc(OC)cc1)C2=O. The van der Waals surface area contributed by atoms with Gasteiger partial charge in [-0.3, -0.25) is 4.79 Å². The van der Waals surface area contributed by atoms with E-state index in [1.54, 1.807) is 13.4 Å². The quantitative estimate of drug-likeness (QED) is 0.454. The Kier molecular flexibility index (Phi) is 6.17. The highest BCUT2D eigenvalue weighted by atomic mass is 35.5. The maximum atomic E-state index is 13.8. The van der Waals surface area contributed by atoms with Crippen molar-refractivity contribution in [2.75, 3.05) is 12.4 Å². The van der Waals surface area contributed by atoms with Crippen LogP contribution in [0.25, 0.3) is 0 Å². The van der Waals surface area contributed by atoms with E-state index in [2.05, 4.69) is 33.2 Å². The number of aromatic nitrogens is 2. The number of rotatable bonds is 6. The number of carbonyl (C=O) groups is 1. The average Bonchev–Trinajstić information content (AvgIpc) is 3.08. The van der Waals surface area contributed by atoms with Crippen LogP contribution in [-0.2, 0) is 18.5 Å². The van der Waals surface area contributed by atoms with Gasteiger partial charge in [0.1, 0.15) is 17.9 Å². The maximum Gasteiger partial charge on any atom is 0.256 e. The molecule has 0 atom stereocenters. The van der Waals surface area contributed by atoms with Crippen LogP contribution < -0.4 is 10.1 Å². The minimum Gasteiger partial charge on any atom is -0.497 e. The zero-order valence-corrected chi connectivity index (χ0v) is 20.4. The van der Waals surface area contributed by atoms with Crippen molar-refractivity contribution in [2.24, 2.45) is 0 Å². The van der Waals surface area contributed by atoms with Crippen molar-refractivity contribution >= 4 is 29.0 Å². The standard InChI is InChI=1S/C27H29ClN4O2/c1-3-19-15-29-17-30-25(19)31-20-13-22-24(23(28)14-20)26(33)32(27(22)11-5-4-6-12-27)16-18-7-9-21(34-2)10-8-18/h7-10,13-15,17H,3-6,11-12,16H2,1-2H3,(H,29,30,31). The molecule has 7 heteroatoms. The van der Waals surface area contributed by atoms with Gasteiger partial charge < -0.3 is 15.0 Å². The Hall–Kier alpha value is -3.12. The normalized spacial score (nSPS) is 16.6. The maximum absolute atomic E-state index is 13.8. The van der Waals surface area contributed by atoms with E-state index in [0.717, 1.165) is 66.0 Å². The number of methoxy groups -OCH3 is 1. The van der Waals surface area contributed by atoms with Gasteiger partial charge in [0.15, 0.2) is 0 Å².